The summed E-state index contributed by atoms with van der Waals surface area (Å²) in [5.74, 6) is -0.883. The predicted molar refractivity (Wildman–Crippen MR) is 252 cm³/mol. The molecule has 0 bridgehead atoms. The quantitative estimate of drug-likeness (QED) is 0.0263. The number of hydrogen-bond donors (Lipinski definition) is 0. The topological polar surface area (TPSA) is 78.9 Å². The van der Waals surface area contributed by atoms with Gasteiger partial charge in [-0.05, 0) is 57.8 Å². The summed E-state index contributed by atoms with van der Waals surface area (Å²) in [6, 6.07) is 0. The van der Waals surface area contributed by atoms with Gasteiger partial charge < -0.3 is 14.2 Å². The van der Waals surface area contributed by atoms with Gasteiger partial charge in [-0.1, -0.05) is 225 Å². The molecule has 0 aromatic carbocycles. The number of carbonyl (C=O) groups is 3. The Morgan fingerprint density at radius 2 is 0.576 bits per heavy atom. The Bertz CT molecular complexity index is 958. The lowest BCUT2D eigenvalue weighted by atomic mass is 10.0. The van der Waals surface area contributed by atoms with Gasteiger partial charge >= 0.3 is 17.9 Å². The molecule has 346 valence electrons. The minimum atomic E-state index is -0.773. The zero-order valence-electron chi connectivity index (χ0n) is 39.5. The Labute approximate surface area is 366 Å². The molecule has 0 amide bonds. The van der Waals surface area contributed by atoms with E-state index in [0.29, 0.717) is 19.3 Å². The van der Waals surface area contributed by atoms with Crippen molar-refractivity contribution < 1.29 is 28.6 Å². The van der Waals surface area contributed by atoms with Crippen molar-refractivity contribution in [3.8, 4) is 0 Å². The van der Waals surface area contributed by atoms with Gasteiger partial charge in [-0.3, -0.25) is 14.4 Å². The first-order valence-corrected chi connectivity index (χ1v) is 25.8. The van der Waals surface area contributed by atoms with E-state index < -0.39 is 6.10 Å². The Morgan fingerprint density at radius 1 is 0.322 bits per heavy atom. The lowest BCUT2D eigenvalue weighted by Gasteiger charge is -2.18. The van der Waals surface area contributed by atoms with Gasteiger partial charge in [0.25, 0.3) is 0 Å². The minimum Gasteiger partial charge on any atom is -0.462 e. The van der Waals surface area contributed by atoms with Crippen LogP contribution in [-0.2, 0) is 28.6 Å². The molecule has 1 atom stereocenters. The van der Waals surface area contributed by atoms with Crippen molar-refractivity contribution in [3.05, 3.63) is 24.3 Å². The number of allylic oxidation sites excluding steroid dienone is 4. The van der Waals surface area contributed by atoms with Crippen LogP contribution in [0.3, 0.4) is 0 Å². The number of hydrogen-bond acceptors (Lipinski definition) is 6. The maximum absolute atomic E-state index is 12.7. The molecule has 0 spiro atoms. The molecule has 0 saturated heterocycles. The average Bonchev–Trinajstić information content (AvgIpc) is 3.23. The van der Waals surface area contributed by atoms with Crippen molar-refractivity contribution in [3.63, 3.8) is 0 Å². The van der Waals surface area contributed by atoms with E-state index in [1.54, 1.807) is 0 Å². The van der Waals surface area contributed by atoms with E-state index in [1.807, 2.05) is 0 Å². The fourth-order valence-electron chi connectivity index (χ4n) is 7.46. The largest absolute Gasteiger partial charge is 0.462 e. The Morgan fingerprint density at radius 3 is 0.898 bits per heavy atom. The third kappa shape index (κ3) is 46.8. The summed E-state index contributed by atoms with van der Waals surface area (Å²) in [7, 11) is 0. The van der Waals surface area contributed by atoms with E-state index in [0.717, 1.165) is 77.0 Å². The molecule has 0 radical (unpaired) electrons. The van der Waals surface area contributed by atoms with Crippen LogP contribution in [0, 0.1) is 0 Å². The van der Waals surface area contributed by atoms with Crippen molar-refractivity contribution in [1.29, 1.82) is 0 Å². The molecule has 0 rings (SSSR count). The summed E-state index contributed by atoms with van der Waals surface area (Å²) < 4.78 is 16.8. The van der Waals surface area contributed by atoms with E-state index in [2.05, 4.69) is 45.1 Å². The molecule has 0 aromatic heterocycles. The molecule has 6 nitrogen and oxygen atoms in total. The van der Waals surface area contributed by atoms with Gasteiger partial charge in [0, 0.05) is 19.3 Å². The lowest BCUT2D eigenvalue weighted by molar-refractivity contribution is -0.167. The van der Waals surface area contributed by atoms with Crippen LogP contribution in [0.5, 0.6) is 0 Å². The van der Waals surface area contributed by atoms with Gasteiger partial charge in [-0.25, -0.2) is 0 Å². The van der Waals surface area contributed by atoms with Crippen LogP contribution >= 0.6 is 0 Å². The molecular weight excluding hydrogens is 733 g/mol. The van der Waals surface area contributed by atoms with Crippen molar-refractivity contribution in [1.82, 2.24) is 0 Å². The highest BCUT2D eigenvalue weighted by Gasteiger charge is 2.19. The van der Waals surface area contributed by atoms with E-state index in [-0.39, 0.29) is 31.1 Å². The molecule has 0 saturated carbocycles. The number of rotatable bonds is 47. The maximum Gasteiger partial charge on any atom is 0.306 e. The molecule has 1 unspecified atom stereocenters. The summed E-state index contributed by atoms with van der Waals surface area (Å²) in [5.41, 5.74) is 0. The first kappa shape index (κ1) is 56.9. The van der Waals surface area contributed by atoms with Crippen molar-refractivity contribution in [2.45, 2.75) is 284 Å². The smallest absolute Gasteiger partial charge is 0.306 e. The first-order chi connectivity index (χ1) is 29.0. The Kier molecular flexibility index (Phi) is 46.8. The molecule has 0 aliphatic heterocycles. The van der Waals surface area contributed by atoms with Gasteiger partial charge in [-0.2, -0.15) is 0 Å². The van der Waals surface area contributed by atoms with Crippen molar-refractivity contribution >= 4 is 17.9 Å². The van der Waals surface area contributed by atoms with Crippen LogP contribution in [0.25, 0.3) is 0 Å². The molecule has 0 fully saturated rings. The zero-order chi connectivity index (χ0) is 43.0. The van der Waals surface area contributed by atoms with Gasteiger partial charge in [0.1, 0.15) is 13.2 Å². The zero-order valence-corrected chi connectivity index (χ0v) is 39.5. The Balaban J connectivity index is 4.25. The monoisotopic (exact) mass is 831 g/mol. The fraction of sp³-hybridized carbons (Fsp3) is 0.868. The molecule has 0 N–H and O–H groups in total. The summed E-state index contributed by atoms with van der Waals surface area (Å²) in [6.45, 7) is 6.57. The van der Waals surface area contributed by atoms with Gasteiger partial charge in [-0.15, -0.1) is 0 Å². The van der Waals surface area contributed by atoms with E-state index in [9.17, 15) is 14.4 Å². The van der Waals surface area contributed by atoms with Crippen LogP contribution in [0.1, 0.15) is 278 Å². The highest BCUT2D eigenvalue weighted by molar-refractivity contribution is 5.71. The average molecular weight is 831 g/mol. The first-order valence-electron chi connectivity index (χ1n) is 25.8. The number of esters is 3. The number of ether oxygens (including phenoxy) is 3. The second-order valence-corrected chi connectivity index (χ2v) is 17.4. The van der Waals surface area contributed by atoms with E-state index in [1.165, 1.54) is 161 Å². The summed E-state index contributed by atoms with van der Waals surface area (Å²) in [5, 5.41) is 0. The van der Waals surface area contributed by atoms with Gasteiger partial charge in [0.2, 0.25) is 0 Å². The highest BCUT2D eigenvalue weighted by atomic mass is 16.6. The van der Waals surface area contributed by atoms with Gasteiger partial charge in [0.15, 0.2) is 6.10 Å². The SMILES string of the molecule is CCCC/C=C\CCCCCCCC(=O)OCC(COC(=O)CCCCCCCCCCCCCCCCCCCCC)OC(=O)CCCCCCC/C=C\CCCC. The van der Waals surface area contributed by atoms with Gasteiger partial charge in [0.05, 0.1) is 0 Å². The lowest BCUT2D eigenvalue weighted by Crippen LogP contribution is -2.30. The van der Waals surface area contributed by atoms with Crippen molar-refractivity contribution in [2.24, 2.45) is 0 Å². The molecule has 0 aromatic rings. The summed E-state index contributed by atoms with van der Waals surface area (Å²) in [6.07, 6.45) is 54.5. The second-order valence-electron chi connectivity index (χ2n) is 17.4. The third-order valence-electron chi connectivity index (χ3n) is 11.4. The molecule has 0 aliphatic carbocycles. The van der Waals surface area contributed by atoms with Crippen LogP contribution < -0.4 is 0 Å². The molecular formula is C53H98O6. The predicted octanol–water partition coefficient (Wildman–Crippen LogP) is 16.8. The fourth-order valence-corrected chi connectivity index (χ4v) is 7.46. The summed E-state index contributed by atoms with van der Waals surface area (Å²) >= 11 is 0. The highest BCUT2D eigenvalue weighted by Crippen LogP contribution is 2.16. The molecule has 59 heavy (non-hydrogen) atoms. The van der Waals surface area contributed by atoms with Crippen molar-refractivity contribution in [2.75, 3.05) is 13.2 Å². The molecule has 6 heteroatoms. The van der Waals surface area contributed by atoms with E-state index >= 15 is 0 Å². The standard InChI is InChI=1S/C53H98O6/c1-4-7-10-13-16-19-22-23-24-25-26-27-28-29-32-34-37-40-43-46-52(55)58-49-50(59-53(56)47-44-41-38-35-31-21-18-15-12-9-6-3)48-57-51(54)45-42-39-36-33-30-20-17-14-11-8-5-2/h14-15,17-18,50H,4-13,16,19-49H2,1-3H3/b17-14-,18-15-. The Hall–Kier alpha value is -2.11. The molecule has 0 heterocycles. The van der Waals surface area contributed by atoms with Crippen LogP contribution in [0.4, 0.5) is 0 Å². The minimum absolute atomic E-state index is 0.0738. The van der Waals surface area contributed by atoms with E-state index in [4.69, 9.17) is 14.2 Å². The maximum atomic E-state index is 12.7. The normalized spacial score (nSPS) is 12.1. The summed E-state index contributed by atoms with van der Waals surface area (Å²) in [4.78, 5) is 37.8. The molecule has 0 aliphatic rings. The third-order valence-corrected chi connectivity index (χ3v) is 11.4. The van der Waals surface area contributed by atoms with Crippen LogP contribution in [-0.4, -0.2) is 37.2 Å². The van der Waals surface area contributed by atoms with Crippen LogP contribution in [0.2, 0.25) is 0 Å². The number of carbonyl (C=O) groups excluding carboxylic acids is 3. The second kappa shape index (κ2) is 48.6. The van der Waals surface area contributed by atoms with Crippen LogP contribution in [0.15, 0.2) is 24.3 Å². The number of unbranched alkanes of at least 4 members (excludes halogenated alkanes) is 32.